The third-order valence-electron chi connectivity index (χ3n) is 6.22. The number of carbonyl (C=O) groups is 4. The van der Waals surface area contributed by atoms with E-state index >= 15 is 0 Å². The van der Waals surface area contributed by atoms with Crippen molar-refractivity contribution < 1.29 is 47.5 Å². The van der Waals surface area contributed by atoms with Gasteiger partial charge in [-0.3, -0.25) is 19.2 Å². The predicted octanol–water partition coefficient (Wildman–Crippen LogP) is -0.0208. The minimum Gasteiger partial charge on any atom is -0.448 e. The highest BCUT2D eigenvalue weighted by atomic mass is 32.1. The molecule has 2 radical (unpaired) electrons. The van der Waals surface area contributed by atoms with Gasteiger partial charge in [0.2, 0.25) is 23.6 Å². The van der Waals surface area contributed by atoms with E-state index in [1.54, 1.807) is 9.80 Å². The van der Waals surface area contributed by atoms with Crippen molar-refractivity contribution in [2.24, 2.45) is 0 Å². The van der Waals surface area contributed by atoms with Crippen molar-refractivity contribution >= 4 is 44.3 Å². The monoisotopic (exact) mass is 662 g/mol. The Morgan fingerprint density at radius 1 is 0.578 bits per heavy atom. The number of ether oxygens (including phenoxy) is 5. The van der Waals surface area contributed by atoms with Crippen LogP contribution in [0.15, 0.2) is 0 Å². The zero-order chi connectivity index (χ0) is 33.4. The first-order valence-corrected chi connectivity index (χ1v) is 16.5. The van der Waals surface area contributed by atoms with Gasteiger partial charge in [-0.2, -0.15) is 12.6 Å². The Labute approximate surface area is 275 Å². The lowest BCUT2D eigenvalue weighted by Gasteiger charge is -2.35. The summed E-state index contributed by atoms with van der Waals surface area (Å²) in [6, 6.07) is 0. The van der Waals surface area contributed by atoms with Gasteiger partial charge in [0.05, 0.1) is 84.7 Å². The highest BCUT2D eigenvalue weighted by molar-refractivity contribution is 7.81. The van der Waals surface area contributed by atoms with Gasteiger partial charge in [0.1, 0.15) is 0 Å². The van der Waals surface area contributed by atoms with E-state index in [9.17, 15) is 19.2 Å². The van der Waals surface area contributed by atoms with Crippen molar-refractivity contribution in [3.05, 3.63) is 0 Å². The van der Waals surface area contributed by atoms with E-state index in [0.29, 0.717) is 98.7 Å². The van der Waals surface area contributed by atoms with E-state index in [2.05, 4.69) is 27.9 Å². The van der Waals surface area contributed by atoms with Crippen LogP contribution in [0.1, 0.15) is 46.0 Å². The van der Waals surface area contributed by atoms with Crippen LogP contribution in [0, 0.1) is 0 Å². The minimum absolute atomic E-state index is 0.00190. The first-order valence-electron chi connectivity index (χ1n) is 15.9. The second-order valence-corrected chi connectivity index (χ2v) is 9.83. The van der Waals surface area contributed by atoms with Crippen LogP contribution in [0.5, 0.6) is 0 Å². The zero-order valence-corrected chi connectivity index (χ0v) is 28.2. The molecule has 0 aromatic heterocycles. The maximum Gasteiger partial charge on any atom is 0.282 e. The molecule has 0 bridgehead atoms. The highest BCUT2D eigenvalue weighted by Gasteiger charge is 2.23. The van der Waals surface area contributed by atoms with Gasteiger partial charge in [-0.25, -0.2) is 0 Å². The molecular weight excluding hydrogens is 607 g/mol. The summed E-state index contributed by atoms with van der Waals surface area (Å²) in [4.78, 5) is 51.1. The molecule has 16 heteroatoms. The lowest BCUT2D eigenvalue weighted by molar-refractivity contribution is -0.140. The molecule has 0 unspecified atom stereocenters. The third-order valence-corrected chi connectivity index (χ3v) is 6.51. The fourth-order valence-corrected chi connectivity index (χ4v) is 3.93. The zero-order valence-electron chi connectivity index (χ0n) is 27.3. The molecule has 1 fully saturated rings. The molecule has 4 amide bonds. The summed E-state index contributed by atoms with van der Waals surface area (Å²) in [6.45, 7) is 11.2. The Bertz CT molecular complexity index is 765. The summed E-state index contributed by atoms with van der Waals surface area (Å²) < 4.78 is 31.6. The first kappa shape index (κ1) is 43.1. The summed E-state index contributed by atoms with van der Waals surface area (Å²) in [6.07, 6.45) is 2.33. The molecule has 260 valence electrons. The lowest BCUT2D eigenvalue weighted by Crippen LogP contribution is -2.50. The van der Waals surface area contributed by atoms with Gasteiger partial charge in [-0.1, -0.05) is 13.8 Å². The van der Waals surface area contributed by atoms with Crippen molar-refractivity contribution in [3.63, 3.8) is 0 Å². The van der Waals surface area contributed by atoms with Crippen molar-refractivity contribution in [3.8, 4) is 0 Å². The molecule has 2 N–H and O–H groups in total. The predicted molar refractivity (Wildman–Crippen MR) is 173 cm³/mol. The summed E-state index contributed by atoms with van der Waals surface area (Å²) >= 11 is 3.87. The van der Waals surface area contributed by atoms with E-state index in [1.807, 2.05) is 13.8 Å². The van der Waals surface area contributed by atoms with E-state index in [-0.39, 0.29) is 61.9 Å². The van der Waals surface area contributed by atoms with Crippen LogP contribution in [-0.2, 0) is 47.5 Å². The number of nitrogens with zero attached hydrogens (tertiary/aromatic N) is 2. The number of hydrogen-bond donors (Lipinski definition) is 3. The molecule has 0 saturated carbocycles. The number of piperazine rings is 1. The number of nitrogens with one attached hydrogen (secondary N) is 2. The molecular formula is C29H55BN4O10S. The van der Waals surface area contributed by atoms with Crippen LogP contribution >= 0.6 is 12.6 Å². The molecule has 45 heavy (non-hydrogen) atoms. The van der Waals surface area contributed by atoms with Gasteiger partial charge < -0.3 is 48.8 Å². The van der Waals surface area contributed by atoms with Crippen LogP contribution in [0.3, 0.4) is 0 Å². The van der Waals surface area contributed by atoms with Gasteiger partial charge in [-0.05, 0) is 12.8 Å². The summed E-state index contributed by atoms with van der Waals surface area (Å²) in [5.41, 5.74) is 0. The average molecular weight is 663 g/mol. The molecule has 0 aromatic carbocycles. The number of carbonyl (C=O) groups excluding carboxylic acids is 4. The van der Waals surface area contributed by atoms with Crippen LogP contribution in [0.25, 0.3) is 0 Å². The lowest BCUT2D eigenvalue weighted by atomic mass is 10.2. The standard InChI is InChI=1S/C27H49BN4O10S.C2H6/c28-42-12-2-1-6-29-24(33)3-13-37-14-4-26(35)31-8-10-32(11-9-31)27(36)5-15-38-17-19-40-21-22-41-20-18-39-16-7-30-25(34)23-43;1-2/h43H,1-23H2,(H,29,33)(H,30,34);1-2H3. The van der Waals surface area contributed by atoms with Crippen molar-refractivity contribution in [1.29, 1.82) is 0 Å². The molecule has 1 rings (SSSR count). The second-order valence-electron chi connectivity index (χ2n) is 9.51. The van der Waals surface area contributed by atoms with Gasteiger partial charge in [0.15, 0.2) is 0 Å². The largest absolute Gasteiger partial charge is 0.448 e. The van der Waals surface area contributed by atoms with Gasteiger partial charge in [0, 0.05) is 52.3 Å². The maximum atomic E-state index is 12.4. The van der Waals surface area contributed by atoms with E-state index < -0.39 is 0 Å². The van der Waals surface area contributed by atoms with Crippen LogP contribution < -0.4 is 10.6 Å². The van der Waals surface area contributed by atoms with Crippen LogP contribution in [0.2, 0.25) is 0 Å². The van der Waals surface area contributed by atoms with E-state index in [1.165, 1.54) is 0 Å². The number of amides is 4. The second kappa shape index (κ2) is 32.0. The number of hydrogen-bond acceptors (Lipinski definition) is 11. The Kier molecular flexibility index (Phi) is 30.6. The molecule has 0 aliphatic carbocycles. The fourth-order valence-electron chi connectivity index (χ4n) is 3.81. The Hall–Kier alpha value is -1.95. The molecule has 0 atom stereocenters. The molecule has 14 nitrogen and oxygen atoms in total. The van der Waals surface area contributed by atoms with Crippen molar-refractivity contribution in [1.82, 2.24) is 20.4 Å². The SMILES string of the molecule is CC.[B]OCCCCNC(=O)CCOCCC(=O)N1CCN(C(=O)CCOCCOCCOCCOCCNC(=O)CS)CC1. The first-order chi connectivity index (χ1) is 22.0. The topological polar surface area (TPSA) is 154 Å². The Balaban J connectivity index is 0.00000947. The number of thiol groups is 1. The van der Waals surface area contributed by atoms with Gasteiger partial charge in [0.25, 0.3) is 8.05 Å². The summed E-state index contributed by atoms with van der Waals surface area (Å²) in [5, 5.41) is 5.45. The third kappa shape index (κ3) is 25.9. The summed E-state index contributed by atoms with van der Waals surface area (Å²) in [5.74, 6) is -0.0775. The smallest absolute Gasteiger partial charge is 0.282 e. The molecule has 1 heterocycles. The van der Waals surface area contributed by atoms with E-state index in [4.69, 9.17) is 31.7 Å². The van der Waals surface area contributed by atoms with Gasteiger partial charge in [-0.15, -0.1) is 0 Å². The van der Waals surface area contributed by atoms with E-state index in [0.717, 1.165) is 12.8 Å². The van der Waals surface area contributed by atoms with Crippen molar-refractivity contribution in [2.75, 3.05) is 118 Å². The maximum absolute atomic E-state index is 12.4. The summed E-state index contributed by atoms with van der Waals surface area (Å²) in [7, 11) is 4.95. The normalized spacial score (nSPS) is 12.8. The molecule has 0 aromatic rings. The number of rotatable bonds is 27. The molecule has 1 saturated heterocycles. The molecule has 1 aliphatic rings. The molecule has 0 spiro atoms. The quantitative estimate of drug-likeness (QED) is 0.0622. The Morgan fingerprint density at radius 3 is 1.49 bits per heavy atom. The Morgan fingerprint density at radius 2 is 1.00 bits per heavy atom. The van der Waals surface area contributed by atoms with Crippen molar-refractivity contribution in [2.45, 2.75) is 46.0 Å². The average Bonchev–Trinajstić information content (AvgIpc) is 3.06. The highest BCUT2D eigenvalue weighted by Crippen LogP contribution is 2.06. The van der Waals surface area contributed by atoms with Gasteiger partial charge >= 0.3 is 0 Å². The molecule has 1 aliphatic heterocycles. The number of unbranched alkanes of at least 4 members (excludes halogenated alkanes) is 1. The fraction of sp³-hybridized carbons (Fsp3) is 0.862. The van der Waals surface area contributed by atoms with Crippen LogP contribution in [-0.4, -0.2) is 159 Å². The minimum atomic E-state index is -0.127. The van der Waals surface area contributed by atoms with Crippen LogP contribution in [0.4, 0.5) is 0 Å².